The molecule has 1 saturated heterocycles. The number of fused-ring (bicyclic) bond motifs is 1. The van der Waals surface area contributed by atoms with Crippen molar-refractivity contribution >= 4 is 34.3 Å². The summed E-state index contributed by atoms with van der Waals surface area (Å²) in [5, 5.41) is 10.8. The van der Waals surface area contributed by atoms with Gasteiger partial charge in [-0.3, -0.25) is 9.36 Å². The van der Waals surface area contributed by atoms with Crippen LogP contribution >= 0.6 is 23.4 Å². The zero-order valence-electron chi connectivity index (χ0n) is 15.1. The van der Waals surface area contributed by atoms with E-state index in [-0.39, 0.29) is 11.7 Å². The van der Waals surface area contributed by atoms with Crippen LogP contribution in [0.4, 0.5) is 0 Å². The number of aromatic nitrogens is 2. The number of benzene rings is 2. The first-order valence-corrected chi connectivity index (χ1v) is 10.4. The van der Waals surface area contributed by atoms with Crippen molar-refractivity contribution in [3.8, 4) is 6.07 Å². The van der Waals surface area contributed by atoms with Gasteiger partial charge in [-0.15, -0.1) is 0 Å². The van der Waals surface area contributed by atoms with E-state index < -0.39 is 0 Å². The molecule has 5 nitrogen and oxygen atoms in total. The van der Waals surface area contributed by atoms with Gasteiger partial charge in [0.15, 0.2) is 5.16 Å². The lowest BCUT2D eigenvalue weighted by molar-refractivity contribution is 0.0937. The third-order valence-corrected chi connectivity index (χ3v) is 6.00. The number of ether oxygens (including phenoxy) is 1. The second-order valence-electron chi connectivity index (χ2n) is 6.71. The zero-order chi connectivity index (χ0) is 19.5. The van der Waals surface area contributed by atoms with Crippen LogP contribution in [0.15, 0.2) is 52.4 Å². The van der Waals surface area contributed by atoms with Crippen LogP contribution in [0.5, 0.6) is 0 Å². The summed E-state index contributed by atoms with van der Waals surface area (Å²) in [5.41, 5.74) is 2.14. The molecular weight excluding hydrogens is 394 g/mol. The summed E-state index contributed by atoms with van der Waals surface area (Å²) >= 11 is 7.58. The maximum absolute atomic E-state index is 13.1. The summed E-state index contributed by atoms with van der Waals surface area (Å²) in [6, 6.07) is 14.8. The number of hydrogen-bond acceptors (Lipinski definition) is 5. The number of halogens is 1. The van der Waals surface area contributed by atoms with Crippen LogP contribution in [0.3, 0.4) is 0 Å². The van der Waals surface area contributed by atoms with Crippen LogP contribution in [0.2, 0.25) is 5.02 Å². The van der Waals surface area contributed by atoms with Crippen LogP contribution in [0.1, 0.15) is 24.0 Å². The highest BCUT2D eigenvalue weighted by molar-refractivity contribution is 7.98. The van der Waals surface area contributed by atoms with Gasteiger partial charge in [-0.05, 0) is 48.7 Å². The molecule has 142 valence electrons. The summed E-state index contributed by atoms with van der Waals surface area (Å²) in [6.07, 6.45) is 1.99. The van der Waals surface area contributed by atoms with Gasteiger partial charge in [0.2, 0.25) is 0 Å². The first kappa shape index (κ1) is 19.0. The van der Waals surface area contributed by atoms with Gasteiger partial charge in [-0.2, -0.15) is 5.26 Å². The van der Waals surface area contributed by atoms with E-state index in [9.17, 15) is 4.79 Å². The topological polar surface area (TPSA) is 67.9 Å². The van der Waals surface area contributed by atoms with Crippen molar-refractivity contribution in [2.24, 2.45) is 0 Å². The fourth-order valence-corrected chi connectivity index (χ4v) is 4.43. The number of thioether (sulfide) groups is 1. The molecule has 0 amide bonds. The molecule has 4 rings (SSSR count). The first-order valence-electron chi connectivity index (χ1n) is 9.07. The quantitative estimate of drug-likeness (QED) is 0.460. The predicted octanol–water partition coefficient (Wildman–Crippen LogP) is 4.39. The highest BCUT2D eigenvalue weighted by atomic mass is 35.5. The van der Waals surface area contributed by atoms with Crippen molar-refractivity contribution in [1.82, 2.24) is 9.55 Å². The van der Waals surface area contributed by atoms with Crippen molar-refractivity contribution < 1.29 is 4.74 Å². The summed E-state index contributed by atoms with van der Waals surface area (Å²) in [6.45, 7) is 1.23. The molecule has 2 aromatic carbocycles. The Balaban J connectivity index is 1.71. The lowest BCUT2D eigenvalue weighted by Crippen LogP contribution is -2.28. The number of nitrogens with zero attached hydrogens (tertiary/aromatic N) is 3. The minimum absolute atomic E-state index is 0.0329. The van der Waals surface area contributed by atoms with Gasteiger partial charge in [-0.1, -0.05) is 35.5 Å². The second-order valence-corrected chi connectivity index (χ2v) is 8.09. The number of rotatable bonds is 5. The molecule has 28 heavy (non-hydrogen) atoms. The minimum atomic E-state index is -0.0783. The Labute approximate surface area is 171 Å². The van der Waals surface area contributed by atoms with Crippen LogP contribution in [0.25, 0.3) is 10.9 Å². The van der Waals surface area contributed by atoms with E-state index in [0.29, 0.717) is 38.9 Å². The molecule has 0 aliphatic carbocycles. The van der Waals surface area contributed by atoms with Crippen LogP contribution < -0.4 is 5.56 Å². The van der Waals surface area contributed by atoms with E-state index in [4.69, 9.17) is 26.6 Å². The Hall–Kier alpha value is -2.33. The molecule has 7 heteroatoms. The Morgan fingerprint density at radius 2 is 2.21 bits per heavy atom. The van der Waals surface area contributed by atoms with Gasteiger partial charge in [0.05, 0.1) is 35.2 Å². The molecule has 1 atom stereocenters. The molecule has 1 aliphatic heterocycles. The molecule has 0 bridgehead atoms. The Kier molecular flexibility index (Phi) is 5.67. The SMILES string of the molecule is N#Cc1cccc(CSc2nc3cc(Cl)ccc3c(=O)n2C[C@@H]2CCCO2)c1. The van der Waals surface area contributed by atoms with Crippen molar-refractivity contribution in [2.45, 2.75) is 36.4 Å². The van der Waals surface area contributed by atoms with E-state index in [2.05, 4.69) is 6.07 Å². The summed E-state index contributed by atoms with van der Waals surface area (Å²) in [4.78, 5) is 17.8. The van der Waals surface area contributed by atoms with Crippen molar-refractivity contribution in [3.63, 3.8) is 0 Å². The molecule has 1 aliphatic rings. The molecule has 1 aromatic heterocycles. The molecule has 0 spiro atoms. The average molecular weight is 412 g/mol. The zero-order valence-corrected chi connectivity index (χ0v) is 16.7. The highest BCUT2D eigenvalue weighted by Crippen LogP contribution is 2.25. The van der Waals surface area contributed by atoms with E-state index in [1.807, 2.05) is 18.2 Å². The first-order chi connectivity index (χ1) is 13.6. The predicted molar refractivity (Wildman–Crippen MR) is 111 cm³/mol. The third-order valence-electron chi connectivity index (χ3n) is 4.72. The number of nitriles is 1. The highest BCUT2D eigenvalue weighted by Gasteiger charge is 2.20. The van der Waals surface area contributed by atoms with E-state index in [0.717, 1.165) is 25.0 Å². The normalized spacial score (nSPS) is 16.4. The largest absolute Gasteiger partial charge is 0.376 e. The molecule has 0 radical (unpaired) electrons. The van der Waals surface area contributed by atoms with Gasteiger partial charge in [0.25, 0.3) is 5.56 Å². The Bertz CT molecular complexity index is 1120. The Morgan fingerprint density at radius 3 is 3.00 bits per heavy atom. The van der Waals surface area contributed by atoms with E-state index in [1.165, 1.54) is 11.8 Å². The number of hydrogen-bond donors (Lipinski definition) is 0. The Morgan fingerprint density at radius 1 is 1.32 bits per heavy atom. The molecule has 2 heterocycles. The smallest absolute Gasteiger partial charge is 0.262 e. The van der Waals surface area contributed by atoms with Crippen LogP contribution in [-0.4, -0.2) is 22.3 Å². The van der Waals surface area contributed by atoms with Crippen LogP contribution in [0, 0.1) is 11.3 Å². The van der Waals surface area contributed by atoms with E-state index >= 15 is 0 Å². The van der Waals surface area contributed by atoms with Crippen molar-refractivity contribution in [3.05, 3.63) is 69.0 Å². The van der Waals surface area contributed by atoms with Gasteiger partial charge in [0.1, 0.15) is 0 Å². The van der Waals surface area contributed by atoms with Crippen LogP contribution in [-0.2, 0) is 17.0 Å². The lowest BCUT2D eigenvalue weighted by Gasteiger charge is -2.16. The lowest BCUT2D eigenvalue weighted by atomic mass is 10.2. The fourth-order valence-electron chi connectivity index (χ4n) is 3.32. The molecule has 1 fully saturated rings. The fraction of sp³-hybridized carbons (Fsp3) is 0.286. The van der Waals surface area contributed by atoms with Crippen molar-refractivity contribution in [1.29, 1.82) is 5.26 Å². The molecule has 0 saturated carbocycles. The molecular formula is C21H18ClN3O2S. The van der Waals surface area contributed by atoms with Gasteiger partial charge >= 0.3 is 0 Å². The third kappa shape index (κ3) is 4.07. The van der Waals surface area contributed by atoms with Gasteiger partial charge < -0.3 is 4.74 Å². The molecule has 0 N–H and O–H groups in total. The molecule has 0 unspecified atom stereocenters. The summed E-state index contributed by atoms with van der Waals surface area (Å²) in [7, 11) is 0. The van der Waals surface area contributed by atoms with E-state index in [1.54, 1.807) is 28.8 Å². The van der Waals surface area contributed by atoms with Gasteiger partial charge in [0, 0.05) is 17.4 Å². The maximum atomic E-state index is 13.1. The average Bonchev–Trinajstić information content (AvgIpc) is 3.22. The van der Waals surface area contributed by atoms with Crippen molar-refractivity contribution in [2.75, 3.05) is 6.61 Å². The maximum Gasteiger partial charge on any atom is 0.262 e. The molecule has 3 aromatic rings. The monoisotopic (exact) mass is 411 g/mol. The second kappa shape index (κ2) is 8.36. The summed E-state index contributed by atoms with van der Waals surface area (Å²) in [5.74, 6) is 0.611. The standard InChI is InChI=1S/C21H18ClN3O2S/c22-16-6-7-18-19(10-16)24-21(25(20(18)26)12-17-5-2-8-27-17)28-13-15-4-1-3-14(9-15)11-23/h1,3-4,6-7,9-10,17H,2,5,8,12-13H2/t17-/m0/s1. The van der Waals surface area contributed by atoms with Gasteiger partial charge in [-0.25, -0.2) is 4.98 Å². The summed E-state index contributed by atoms with van der Waals surface area (Å²) < 4.78 is 7.45. The minimum Gasteiger partial charge on any atom is -0.376 e.